The Balaban J connectivity index is 1.74. The van der Waals surface area contributed by atoms with Crippen LogP contribution < -0.4 is 0 Å². The van der Waals surface area contributed by atoms with Gasteiger partial charge in [-0.3, -0.25) is 14.5 Å². The maximum Gasteiger partial charge on any atom is 0.334 e. The molecule has 8 nitrogen and oxygen atoms in total. The van der Waals surface area contributed by atoms with Gasteiger partial charge in [-0.05, 0) is 30.7 Å². The van der Waals surface area contributed by atoms with Crippen molar-refractivity contribution in [3.63, 3.8) is 0 Å². The van der Waals surface area contributed by atoms with Crippen LogP contribution in [0.5, 0.6) is 0 Å². The summed E-state index contributed by atoms with van der Waals surface area (Å²) in [7, 11) is 0. The molecule has 0 bridgehead atoms. The highest BCUT2D eigenvalue weighted by Gasteiger charge is 2.44. The second kappa shape index (κ2) is 7.02. The second-order valence-electron chi connectivity index (χ2n) is 5.50. The second-order valence-corrected chi connectivity index (χ2v) is 5.94. The third kappa shape index (κ3) is 3.39. The lowest BCUT2D eigenvalue weighted by Gasteiger charge is -2.13. The molecule has 0 N–H and O–H groups in total. The van der Waals surface area contributed by atoms with Crippen LogP contribution in [0.15, 0.2) is 28.8 Å². The highest BCUT2D eigenvalue weighted by molar-refractivity contribution is 6.44. The van der Waals surface area contributed by atoms with Crippen LogP contribution in [0.1, 0.15) is 25.7 Å². The highest BCUT2D eigenvalue weighted by atomic mass is 35.5. The fourth-order valence-corrected chi connectivity index (χ4v) is 2.50. The van der Waals surface area contributed by atoms with Gasteiger partial charge in [0.25, 0.3) is 0 Å². The number of halogens is 1. The van der Waals surface area contributed by atoms with Crippen LogP contribution in [0.25, 0.3) is 11.4 Å². The van der Waals surface area contributed by atoms with Gasteiger partial charge in [-0.2, -0.15) is 4.98 Å². The van der Waals surface area contributed by atoms with Crippen LogP contribution in [0.3, 0.4) is 0 Å². The number of carbonyl (C=O) groups is 3. The summed E-state index contributed by atoms with van der Waals surface area (Å²) in [5, 5.41) is 4.39. The molecule has 25 heavy (non-hydrogen) atoms. The van der Waals surface area contributed by atoms with Gasteiger partial charge in [0.1, 0.15) is 6.54 Å². The summed E-state index contributed by atoms with van der Waals surface area (Å²) in [6.45, 7) is 1.91. The first-order valence-electron chi connectivity index (χ1n) is 7.77. The fraction of sp³-hybridized carbons (Fsp3) is 0.312. The van der Waals surface area contributed by atoms with Crippen LogP contribution in [0, 0.1) is 0 Å². The standard InChI is InChI=1S/C16H15ClN4O4/c1-2-3-8-20-14(22)15(23)21(16(20)24)9-12-18-13(19-25-12)10-4-6-11(17)7-5-10/h4-7H,2-3,8-9H2,1H3. The molecule has 1 fully saturated rings. The molecule has 0 atom stereocenters. The number of rotatable bonds is 6. The van der Waals surface area contributed by atoms with E-state index in [4.69, 9.17) is 16.1 Å². The quantitative estimate of drug-likeness (QED) is 0.578. The number of unbranched alkanes of at least 4 members (excludes halogenated alkanes) is 1. The molecular weight excluding hydrogens is 348 g/mol. The van der Waals surface area contributed by atoms with E-state index in [-0.39, 0.29) is 19.0 Å². The summed E-state index contributed by atoms with van der Waals surface area (Å²) in [5.74, 6) is -1.33. The van der Waals surface area contributed by atoms with Crippen molar-refractivity contribution in [2.75, 3.05) is 6.54 Å². The number of urea groups is 1. The van der Waals surface area contributed by atoms with E-state index in [2.05, 4.69) is 10.1 Å². The van der Waals surface area contributed by atoms with E-state index in [9.17, 15) is 14.4 Å². The van der Waals surface area contributed by atoms with Gasteiger partial charge < -0.3 is 4.52 Å². The van der Waals surface area contributed by atoms with Crippen LogP contribution >= 0.6 is 11.6 Å². The predicted molar refractivity (Wildman–Crippen MR) is 87.3 cm³/mol. The minimum Gasteiger partial charge on any atom is -0.337 e. The Morgan fingerprint density at radius 3 is 2.44 bits per heavy atom. The van der Waals surface area contributed by atoms with Crippen LogP contribution in [0.4, 0.5) is 4.79 Å². The van der Waals surface area contributed by atoms with Crippen LogP contribution in [-0.2, 0) is 16.1 Å². The Kier molecular flexibility index (Phi) is 4.80. The van der Waals surface area contributed by atoms with E-state index in [1.54, 1.807) is 24.3 Å². The number of hydrogen-bond donors (Lipinski definition) is 0. The number of carbonyl (C=O) groups excluding carboxylic acids is 3. The number of aromatic nitrogens is 2. The molecule has 0 aliphatic carbocycles. The summed E-state index contributed by atoms with van der Waals surface area (Å²) < 4.78 is 5.09. The first-order chi connectivity index (χ1) is 12.0. The van der Waals surface area contributed by atoms with Gasteiger partial charge in [0.2, 0.25) is 11.7 Å². The minimum absolute atomic E-state index is 0.0665. The van der Waals surface area contributed by atoms with Crippen LogP contribution in [-0.4, -0.2) is 44.3 Å². The summed E-state index contributed by atoms with van der Waals surface area (Å²) >= 11 is 5.83. The fourth-order valence-electron chi connectivity index (χ4n) is 2.37. The number of nitrogens with zero attached hydrogens (tertiary/aromatic N) is 4. The summed E-state index contributed by atoms with van der Waals surface area (Å²) in [6, 6.07) is 6.16. The maximum absolute atomic E-state index is 12.3. The predicted octanol–water partition coefficient (Wildman–Crippen LogP) is 2.48. The molecule has 0 spiro atoms. The molecule has 0 radical (unpaired) electrons. The Bertz CT molecular complexity index is 818. The van der Waals surface area contributed by atoms with Gasteiger partial charge in [-0.1, -0.05) is 30.1 Å². The van der Waals surface area contributed by atoms with E-state index in [0.29, 0.717) is 22.8 Å². The molecule has 3 rings (SSSR count). The number of benzene rings is 1. The SMILES string of the molecule is CCCCN1C(=O)C(=O)N(Cc2nc(-c3ccc(Cl)cc3)no2)C1=O. The lowest BCUT2D eigenvalue weighted by atomic mass is 10.2. The zero-order valence-electron chi connectivity index (χ0n) is 13.4. The van der Waals surface area contributed by atoms with E-state index in [1.165, 1.54) is 0 Å². The van der Waals surface area contributed by atoms with Crippen molar-refractivity contribution >= 4 is 29.4 Å². The smallest absolute Gasteiger partial charge is 0.334 e. The van der Waals surface area contributed by atoms with Crippen molar-refractivity contribution in [1.29, 1.82) is 0 Å². The molecule has 2 heterocycles. The van der Waals surface area contributed by atoms with E-state index < -0.39 is 17.8 Å². The molecule has 1 aliphatic rings. The number of imide groups is 2. The zero-order chi connectivity index (χ0) is 18.0. The lowest BCUT2D eigenvalue weighted by molar-refractivity contribution is -0.143. The van der Waals surface area contributed by atoms with Crippen molar-refractivity contribution in [2.24, 2.45) is 0 Å². The number of hydrogen-bond acceptors (Lipinski definition) is 6. The molecule has 1 aromatic carbocycles. The van der Waals surface area contributed by atoms with Crippen molar-refractivity contribution in [2.45, 2.75) is 26.3 Å². The Labute approximate surface area is 148 Å². The van der Waals surface area contributed by atoms with E-state index in [1.807, 2.05) is 6.92 Å². The average molecular weight is 363 g/mol. The molecule has 1 saturated heterocycles. The monoisotopic (exact) mass is 362 g/mol. The molecule has 130 valence electrons. The van der Waals surface area contributed by atoms with Crippen molar-refractivity contribution in [3.8, 4) is 11.4 Å². The van der Waals surface area contributed by atoms with E-state index >= 15 is 0 Å². The van der Waals surface area contributed by atoms with Gasteiger partial charge >= 0.3 is 17.8 Å². The van der Waals surface area contributed by atoms with Crippen molar-refractivity contribution < 1.29 is 18.9 Å². The first-order valence-corrected chi connectivity index (χ1v) is 8.15. The lowest BCUT2D eigenvalue weighted by Crippen LogP contribution is -2.33. The molecule has 0 saturated carbocycles. The first kappa shape index (κ1) is 17.1. The molecule has 2 aromatic rings. The van der Waals surface area contributed by atoms with Gasteiger partial charge in [0.15, 0.2) is 0 Å². The normalized spacial score (nSPS) is 14.7. The third-order valence-corrected chi connectivity index (χ3v) is 3.99. The molecule has 1 aromatic heterocycles. The topological polar surface area (TPSA) is 96.6 Å². The summed E-state index contributed by atoms with van der Waals surface area (Å²) in [5.41, 5.74) is 0.680. The van der Waals surface area contributed by atoms with Crippen molar-refractivity contribution in [3.05, 3.63) is 35.2 Å². The van der Waals surface area contributed by atoms with Crippen LogP contribution in [0.2, 0.25) is 5.02 Å². The third-order valence-electron chi connectivity index (χ3n) is 3.73. The maximum atomic E-state index is 12.3. The van der Waals surface area contributed by atoms with Gasteiger partial charge in [-0.15, -0.1) is 0 Å². The largest absolute Gasteiger partial charge is 0.337 e. The number of amides is 4. The van der Waals surface area contributed by atoms with Crippen molar-refractivity contribution in [1.82, 2.24) is 19.9 Å². The zero-order valence-corrected chi connectivity index (χ0v) is 14.2. The molecule has 4 amide bonds. The summed E-state index contributed by atoms with van der Waals surface area (Å²) in [6.07, 6.45) is 1.44. The average Bonchev–Trinajstić information content (AvgIpc) is 3.14. The minimum atomic E-state index is -0.882. The Hall–Kier alpha value is -2.74. The van der Waals surface area contributed by atoms with Gasteiger partial charge in [-0.25, -0.2) is 9.69 Å². The molecule has 0 unspecified atom stereocenters. The Morgan fingerprint density at radius 1 is 1.08 bits per heavy atom. The highest BCUT2D eigenvalue weighted by Crippen LogP contribution is 2.20. The van der Waals surface area contributed by atoms with Gasteiger partial charge in [0, 0.05) is 17.1 Å². The molecule has 9 heteroatoms. The Morgan fingerprint density at radius 2 is 1.76 bits per heavy atom. The molecule has 1 aliphatic heterocycles. The van der Waals surface area contributed by atoms with Gasteiger partial charge in [0.05, 0.1) is 0 Å². The summed E-state index contributed by atoms with van der Waals surface area (Å²) in [4.78, 5) is 42.1. The molecular formula is C16H15ClN4O4. The van der Waals surface area contributed by atoms with E-state index in [0.717, 1.165) is 16.2 Å².